The Balaban J connectivity index is 2.75. The zero-order valence-corrected chi connectivity index (χ0v) is 9.57. The molecule has 0 unspecified atom stereocenters. The molecule has 0 saturated carbocycles. The summed E-state index contributed by atoms with van der Waals surface area (Å²) in [7, 11) is 0. The highest BCUT2D eigenvalue weighted by molar-refractivity contribution is 6.05. The third-order valence-corrected chi connectivity index (χ3v) is 2.40. The number of anilines is 1. The van der Waals surface area contributed by atoms with Crippen molar-refractivity contribution in [2.75, 3.05) is 5.73 Å². The summed E-state index contributed by atoms with van der Waals surface area (Å²) in [5, 5.41) is 0. The highest BCUT2D eigenvalue weighted by atomic mass is 16.3. The predicted octanol–water partition coefficient (Wildman–Crippen LogP) is 2.74. The number of Topliss-reactive ketones (excluding diaryl/α,β-unsaturated/α-hetero) is 1. The van der Waals surface area contributed by atoms with E-state index in [9.17, 15) is 4.79 Å². The lowest BCUT2D eigenvalue weighted by Crippen LogP contribution is -1.95. The Hall–Kier alpha value is -1.84. The lowest BCUT2D eigenvalue weighted by molar-refractivity contribution is 0.101. The van der Waals surface area contributed by atoms with Crippen LogP contribution in [0.4, 0.5) is 5.69 Å². The van der Waals surface area contributed by atoms with E-state index in [1.165, 1.54) is 6.92 Å². The van der Waals surface area contributed by atoms with E-state index < -0.39 is 0 Å². The topological polar surface area (TPSA) is 69.1 Å². The fourth-order valence-electron chi connectivity index (χ4n) is 1.58. The lowest BCUT2D eigenvalue weighted by Gasteiger charge is -1.98. The summed E-state index contributed by atoms with van der Waals surface area (Å²) in [5.74, 6) is 0.750. The summed E-state index contributed by atoms with van der Waals surface area (Å²) in [5.41, 5.74) is 7.92. The SMILES string of the molecule is CC(=O)c1cc(N)cc2nc(C(C)C)oc12. The quantitative estimate of drug-likeness (QED) is 0.621. The van der Waals surface area contributed by atoms with E-state index in [4.69, 9.17) is 10.2 Å². The van der Waals surface area contributed by atoms with Crippen molar-refractivity contribution in [2.45, 2.75) is 26.7 Å². The molecular weight excluding hydrogens is 204 g/mol. The molecule has 0 aliphatic rings. The second kappa shape index (κ2) is 3.63. The summed E-state index contributed by atoms with van der Waals surface area (Å²) in [6.07, 6.45) is 0. The monoisotopic (exact) mass is 218 g/mol. The standard InChI is InChI=1S/C12H14N2O2/c1-6(2)12-14-10-5-8(13)4-9(7(3)15)11(10)16-12/h4-6H,13H2,1-3H3. The molecule has 0 saturated heterocycles. The number of carbonyl (C=O) groups is 1. The number of carbonyl (C=O) groups excluding carboxylic acids is 1. The number of ketones is 1. The maximum atomic E-state index is 11.4. The lowest BCUT2D eigenvalue weighted by atomic mass is 10.1. The van der Waals surface area contributed by atoms with Gasteiger partial charge in [0.25, 0.3) is 0 Å². The van der Waals surface area contributed by atoms with E-state index in [1.54, 1.807) is 12.1 Å². The van der Waals surface area contributed by atoms with Gasteiger partial charge >= 0.3 is 0 Å². The van der Waals surface area contributed by atoms with Crippen molar-refractivity contribution < 1.29 is 9.21 Å². The molecule has 1 heterocycles. The first-order valence-electron chi connectivity index (χ1n) is 5.20. The molecule has 0 aliphatic carbocycles. The van der Waals surface area contributed by atoms with E-state index in [2.05, 4.69) is 4.98 Å². The number of hydrogen-bond donors (Lipinski definition) is 1. The molecule has 1 aromatic carbocycles. The average molecular weight is 218 g/mol. The molecule has 16 heavy (non-hydrogen) atoms. The number of oxazole rings is 1. The molecule has 4 nitrogen and oxygen atoms in total. The van der Waals surface area contributed by atoms with E-state index >= 15 is 0 Å². The van der Waals surface area contributed by atoms with E-state index in [-0.39, 0.29) is 11.7 Å². The largest absolute Gasteiger partial charge is 0.440 e. The highest BCUT2D eigenvalue weighted by Crippen LogP contribution is 2.26. The maximum absolute atomic E-state index is 11.4. The Morgan fingerprint density at radius 2 is 2.12 bits per heavy atom. The number of nitrogens with two attached hydrogens (primary N) is 1. The molecule has 0 aliphatic heterocycles. The van der Waals surface area contributed by atoms with Crippen molar-refractivity contribution in [3.63, 3.8) is 0 Å². The number of benzene rings is 1. The van der Waals surface area contributed by atoms with Gasteiger partial charge in [-0.25, -0.2) is 4.98 Å². The van der Waals surface area contributed by atoms with Crippen LogP contribution in [0.1, 0.15) is 42.9 Å². The Morgan fingerprint density at radius 1 is 1.44 bits per heavy atom. The van der Waals surface area contributed by atoms with Crippen LogP contribution in [0.15, 0.2) is 16.5 Å². The molecule has 2 rings (SSSR count). The molecule has 0 atom stereocenters. The molecule has 0 bridgehead atoms. The zero-order chi connectivity index (χ0) is 11.9. The van der Waals surface area contributed by atoms with Gasteiger partial charge in [0.1, 0.15) is 5.52 Å². The van der Waals surface area contributed by atoms with Crippen molar-refractivity contribution in [3.8, 4) is 0 Å². The molecule has 0 spiro atoms. The van der Waals surface area contributed by atoms with E-state index in [0.717, 1.165) is 0 Å². The van der Waals surface area contributed by atoms with Crippen molar-refractivity contribution >= 4 is 22.6 Å². The first-order valence-corrected chi connectivity index (χ1v) is 5.20. The molecule has 0 amide bonds. The van der Waals surface area contributed by atoms with Gasteiger partial charge in [-0.05, 0) is 19.1 Å². The first-order chi connectivity index (χ1) is 7.49. The molecule has 2 aromatic rings. The smallest absolute Gasteiger partial charge is 0.198 e. The van der Waals surface area contributed by atoms with Crippen LogP contribution in [0, 0.1) is 0 Å². The van der Waals surface area contributed by atoms with Gasteiger partial charge in [0.2, 0.25) is 0 Å². The number of rotatable bonds is 2. The molecule has 1 aromatic heterocycles. The minimum atomic E-state index is -0.0660. The summed E-state index contributed by atoms with van der Waals surface area (Å²) in [6.45, 7) is 5.47. The molecule has 0 fully saturated rings. The Morgan fingerprint density at radius 3 is 2.69 bits per heavy atom. The molecule has 2 N–H and O–H groups in total. The van der Waals surface area contributed by atoms with Crippen LogP contribution in [0.2, 0.25) is 0 Å². The molecule has 84 valence electrons. The third kappa shape index (κ3) is 1.66. The number of nitrogen functional groups attached to an aromatic ring is 1. The second-order valence-electron chi connectivity index (χ2n) is 4.18. The third-order valence-electron chi connectivity index (χ3n) is 2.40. The number of aromatic nitrogens is 1. The molecule has 0 radical (unpaired) electrons. The summed E-state index contributed by atoms with van der Waals surface area (Å²) in [4.78, 5) is 15.8. The Kier molecular flexibility index (Phi) is 2.42. The molecular formula is C12H14N2O2. The van der Waals surface area contributed by atoms with Crippen molar-refractivity contribution in [1.82, 2.24) is 4.98 Å². The van der Waals surface area contributed by atoms with Crippen LogP contribution in [-0.4, -0.2) is 10.8 Å². The van der Waals surface area contributed by atoms with Gasteiger partial charge < -0.3 is 10.2 Å². The van der Waals surface area contributed by atoms with Crippen molar-refractivity contribution in [1.29, 1.82) is 0 Å². The van der Waals surface area contributed by atoms with Crippen LogP contribution in [0.3, 0.4) is 0 Å². The van der Waals surface area contributed by atoms with Crippen molar-refractivity contribution in [3.05, 3.63) is 23.6 Å². The highest BCUT2D eigenvalue weighted by Gasteiger charge is 2.15. The van der Waals surface area contributed by atoms with Gasteiger partial charge in [0, 0.05) is 11.6 Å². The zero-order valence-electron chi connectivity index (χ0n) is 9.57. The number of hydrogen-bond acceptors (Lipinski definition) is 4. The normalized spacial score (nSPS) is 11.2. The fourth-order valence-corrected chi connectivity index (χ4v) is 1.58. The van der Waals surface area contributed by atoms with Gasteiger partial charge in [0.05, 0.1) is 5.56 Å². The van der Waals surface area contributed by atoms with Crippen LogP contribution < -0.4 is 5.73 Å². The average Bonchev–Trinajstić information content (AvgIpc) is 2.59. The van der Waals surface area contributed by atoms with E-state index in [1.807, 2.05) is 13.8 Å². The van der Waals surface area contributed by atoms with Gasteiger partial charge in [-0.1, -0.05) is 13.8 Å². The van der Waals surface area contributed by atoms with Crippen molar-refractivity contribution in [2.24, 2.45) is 0 Å². The van der Waals surface area contributed by atoms with Crippen LogP contribution in [0.25, 0.3) is 11.1 Å². The van der Waals surface area contributed by atoms with Crippen LogP contribution in [-0.2, 0) is 0 Å². The summed E-state index contributed by atoms with van der Waals surface area (Å²) < 4.78 is 5.59. The van der Waals surface area contributed by atoms with Crippen LogP contribution in [0.5, 0.6) is 0 Å². The Bertz CT molecular complexity index is 555. The van der Waals surface area contributed by atoms with E-state index in [0.29, 0.717) is 28.2 Å². The van der Waals surface area contributed by atoms with Gasteiger partial charge in [-0.15, -0.1) is 0 Å². The van der Waals surface area contributed by atoms with Gasteiger partial charge in [-0.3, -0.25) is 4.79 Å². The maximum Gasteiger partial charge on any atom is 0.198 e. The van der Waals surface area contributed by atoms with Gasteiger partial charge in [0.15, 0.2) is 17.3 Å². The second-order valence-corrected chi connectivity index (χ2v) is 4.18. The number of nitrogens with zero attached hydrogens (tertiary/aromatic N) is 1. The predicted molar refractivity (Wildman–Crippen MR) is 62.5 cm³/mol. The first kappa shape index (κ1) is 10.7. The minimum Gasteiger partial charge on any atom is -0.440 e. The minimum absolute atomic E-state index is 0.0660. The molecule has 4 heteroatoms. The number of fused-ring (bicyclic) bond motifs is 1. The fraction of sp³-hybridized carbons (Fsp3) is 0.333. The van der Waals surface area contributed by atoms with Gasteiger partial charge in [-0.2, -0.15) is 0 Å². The Labute approximate surface area is 93.5 Å². The van der Waals surface area contributed by atoms with Crippen LogP contribution >= 0.6 is 0 Å². The summed E-state index contributed by atoms with van der Waals surface area (Å²) in [6, 6.07) is 3.34. The summed E-state index contributed by atoms with van der Waals surface area (Å²) >= 11 is 0.